The summed E-state index contributed by atoms with van der Waals surface area (Å²) in [6.45, 7) is 1.95. The lowest BCUT2D eigenvalue weighted by molar-refractivity contribution is -0.384. The van der Waals surface area contributed by atoms with Gasteiger partial charge in [0, 0.05) is 12.1 Å². The number of nitro groups is 1. The van der Waals surface area contributed by atoms with E-state index in [1.54, 1.807) is 24.3 Å². The predicted octanol–water partition coefficient (Wildman–Crippen LogP) is 4.03. The van der Waals surface area contributed by atoms with Crippen molar-refractivity contribution in [1.29, 1.82) is 0 Å². The first kappa shape index (κ1) is 15.6. The van der Waals surface area contributed by atoms with Crippen LogP contribution >= 0.6 is 0 Å². The number of carbonyl (C=O) groups is 1. The molecule has 6 heteroatoms. The lowest BCUT2D eigenvalue weighted by Gasteiger charge is -2.04. The van der Waals surface area contributed by atoms with Gasteiger partial charge in [0.15, 0.2) is 0 Å². The van der Waals surface area contributed by atoms with Crippen LogP contribution in [0.3, 0.4) is 0 Å². The van der Waals surface area contributed by atoms with Gasteiger partial charge in [-0.3, -0.25) is 19.9 Å². The summed E-state index contributed by atoms with van der Waals surface area (Å²) in [5, 5.41) is 13.7. The maximum Gasteiger partial charge on any atom is 0.270 e. The molecule has 1 aliphatic rings. The summed E-state index contributed by atoms with van der Waals surface area (Å²) >= 11 is 0. The van der Waals surface area contributed by atoms with E-state index < -0.39 is 4.92 Å². The fourth-order valence-corrected chi connectivity index (χ4v) is 2.43. The van der Waals surface area contributed by atoms with Gasteiger partial charge in [0.25, 0.3) is 5.69 Å². The average Bonchev–Trinajstić information content (AvgIpc) is 2.70. The number of carbonyl (C=O) groups excluding carboxylic acids is 1. The van der Waals surface area contributed by atoms with E-state index >= 15 is 0 Å². The van der Waals surface area contributed by atoms with Gasteiger partial charge in [-0.15, -0.1) is 0 Å². The number of nitro benzene ring substituents is 1. The molecule has 6 nitrogen and oxygen atoms in total. The molecule has 0 fully saturated rings. The molecule has 0 saturated heterocycles. The molecule has 2 aromatic carbocycles. The zero-order valence-electron chi connectivity index (χ0n) is 13.0. The number of nitrogens with zero attached hydrogens (tertiary/aromatic N) is 2. The molecular formula is C18H15N3O3. The summed E-state index contributed by atoms with van der Waals surface area (Å²) in [7, 11) is 0. The molecule has 0 bridgehead atoms. The van der Waals surface area contributed by atoms with Crippen LogP contribution in [0.15, 0.2) is 53.5 Å². The Kier molecular flexibility index (Phi) is 4.20. The van der Waals surface area contributed by atoms with E-state index in [2.05, 4.69) is 10.3 Å². The zero-order valence-corrected chi connectivity index (χ0v) is 13.0. The fourth-order valence-electron chi connectivity index (χ4n) is 2.43. The minimum Gasteiger partial charge on any atom is -0.324 e. The molecule has 0 saturated carbocycles. The molecule has 3 rings (SSSR count). The van der Waals surface area contributed by atoms with E-state index in [0.717, 1.165) is 5.56 Å². The number of amides is 1. The second-order valence-corrected chi connectivity index (χ2v) is 5.53. The number of benzene rings is 2. The maximum absolute atomic E-state index is 12.0. The Morgan fingerprint density at radius 1 is 1.21 bits per heavy atom. The van der Waals surface area contributed by atoms with Crippen LogP contribution in [0.2, 0.25) is 0 Å². The molecule has 0 spiro atoms. The van der Waals surface area contributed by atoms with E-state index in [4.69, 9.17) is 0 Å². The Balaban J connectivity index is 1.91. The van der Waals surface area contributed by atoms with Crippen molar-refractivity contribution in [3.8, 4) is 0 Å². The molecule has 0 radical (unpaired) electrons. The van der Waals surface area contributed by atoms with Crippen LogP contribution < -0.4 is 5.32 Å². The largest absolute Gasteiger partial charge is 0.324 e. The maximum atomic E-state index is 12.0. The highest BCUT2D eigenvalue weighted by Gasteiger charge is 2.14. The van der Waals surface area contributed by atoms with Crippen molar-refractivity contribution in [2.45, 2.75) is 13.3 Å². The molecule has 24 heavy (non-hydrogen) atoms. The molecular weight excluding hydrogens is 306 g/mol. The highest BCUT2D eigenvalue weighted by atomic mass is 16.6. The normalized spacial score (nSPS) is 13.9. The summed E-state index contributed by atoms with van der Waals surface area (Å²) in [4.78, 5) is 26.9. The molecule has 0 atom stereocenters. The number of fused-ring (bicyclic) bond motifs is 1. The number of nitrogens with one attached hydrogen (secondary N) is 1. The topological polar surface area (TPSA) is 84.6 Å². The van der Waals surface area contributed by atoms with Crippen LogP contribution in [0, 0.1) is 17.0 Å². The number of aryl methyl sites for hydroxylation is 1. The zero-order chi connectivity index (χ0) is 17.1. The van der Waals surface area contributed by atoms with Gasteiger partial charge >= 0.3 is 0 Å². The van der Waals surface area contributed by atoms with Crippen LogP contribution in [0.1, 0.15) is 17.5 Å². The van der Waals surface area contributed by atoms with Gasteiger partial charge in [0.1, 0.15) is 0 Å². The van der Waals surface area contributed by atoms with Crippen LogP contribution in [-0.2, 0) is 4.79 Å². The van der Waals surface area contributed by atoms with Gasteiger partial charge < -0.3 is 5.32 Å². The Hall–Kier alpha value is -3.28. The van der Waals surface area contributed by atoms with Crippen molar-refractivity contribution in [2.75, 3.05) is 5.32 Å². The van der Waals surface area contributed by atoms with Crippen LogP contribution in [-0.4, -0.2) is 16.5 Å². The van der Waals surface area contributed by atoms with Crippen molar-refractivity contribution in [1.82, 2.24) is 0 Å². The third-order valence-electron chi connectivity index (χ3n) is 3.58. The van der Waals surface area contributed by atoms with Crippen LogP contribution in [0.4, 0.5) is 17.1 Å². The van der Waals surface area contributed by atoms with Crippen molar-refractivity contribution in [3.05, 3.63) is 69.8 Å². The van der Waals surface area contributed by atoms with Gasteiger partial charge in [0.2, 0.25) is 5.91 Å². The monoisotopic (exact) mass is 321 g/mol. The third-order valence-corrected chi connectivity index (χ3v) is 3.58. The lowest BCUT2D eigenvalue weighted by Crippen LogP contribution is -2.13. The fraction of sp³-hybridized carbons (Fsp3) is 0.111. The molecule has 1 N–H and O–H groups in total. The minimum atomic E-state index is -0.438. The quantitative estimate of drug-likeness (QED) is 0.684. The SMILES string of the molecule is Cc1ccc2c(c1)NC(=O)CC(/C=C/c1cccc([N+](=O)[O-])c1)=N2. The number of hydrogen-bond acceptors (Lipinski definition) is 4. The first-order valence-corrected chi connectivity index (χ1v) is 7.42. The standard InChI is InChI=1S/C18H15N3O3/c1-12-5-8-16-17(9-12)20-18(22)11-14(19-16)7-6-13-3-2-4-15(10-13)21(23)24/h2-10H,11H2,1H3,(H,20,22)/b7-6+. The van der Waals surface area contributed by atoms with Crippen LogP contribution in [0.25, 0.3) is 6.08 Å². The highest BCUT2D eigenvalue weighted by molar-refractivity contribution is 6.15. The Labute approximate surface area is 138 Å². The Bertz CT molecular complexity index is 885. The minimum absolute atomic E-state index is 0.0264. The van der Waals surface area contributed by atoms with E-state index in [1.165, 1.54) is 12.1 Å². The molecule has 2 aromatic rings. The summed E-state index contributed by atoms with van der Waals surface area (Å²) in [6.07, 6.45) is 3.59. The average molecular weight is 321 g/mol. The van der Waals surface area contributed by atoms with Crippen molar-refractivity contribution < 1.29 is 9.72 Å². The number of allylic oxidation sites excluding steroid dienone is 1. The summed E-state index contributed by atoms with van der Waals surface area (Å²) in [6, 6.07) is 12.0. The summed E-state index contributed by atoms with van der Waals surface area (Å²) in [5.41, 5.74) is 3.74. The number of anilines is 1. The second-order valence-electron chi connectivity index (χ2n) is 5.53. The molecule has 0 aromatic heterocycles. The first-order chi connectivity index (χ1) is 11.5. The van der Waals surface area contributed by atoms with E-state index in [0.29, 0.717) is 22.6 Å². The Morgan fingerprint density at radius 2 is 2.04 bits per heavy atom. The lowest BCUT2D eigenvalue weighted by atomic mass is 10.1. The van der Waals surface area contributed by atoms with E-state index in [9.17, 15) is 14.9 Å². The molecule has 0 aliphatic carbocycles. The number of rotatable bonds is 3. The molecule has 1 amide bonds. The van der Waals surface area contributed by atoms with Crippen LogP contribution in [0.5, 0.6) is 0 Å². The Morgan fingerprint density at radius 3 is 2.83 bits per heavy atom. The van der Waals surface area contributed by atoms with Gasteiger partial charge in [-0.05, 0) is 36.3 Å². The van der Waals surface area contributed by atoms with Crippen molar-refractivity contribution in [2.24, 2.45) is 4.99 Å². The first-order valence-electron chi connectivity index (χ1n) is 7.42. The highest BCUT2D eigenvalue weighted by Crippen LogP contribution is 2.29. The molecule has 0 unspecified atom stereocenters. The van der Waals surface area contributed by atoms with Gasteiger partial charge in [-0.25, -0.2) is 0 Å². The van der Waals surface area contributed by atoms with Crippen molar-refractivity contribution in [3.63, 3.8) is 0 Å². The van der Waals surface area contributed by atoms with E-state index in [-0.39, 0.29) is 18.0 Å². The van der Waals surface area contributed by atoms with Gasteiger partial charge in [-0.2, -0.15) is 0 Å². The predicted molar refractivity (Wildman–Crippen MR) is 93.7 cm³/mol. The number of hydrogen-bond donors (Lipinski definition) is 1. The van der Waals surface area contributed by atoms with E-state index in [1.807, 2.05) is 25.1 Å². The smallest absolute Gasteiger partial charge is 0.270 e. The number of aliphatic imine (C=N–C) groups is 1. The molecule has 1 heterocycles. The number of non-ortho nitro benzene ring substituents is 1. The summed E-state index contributed by atoms with van der Waals surface area (Å²) in [5.74, 6) is -0.137. The molecule has 1 aliphatic heterocycles. The molecule has 120 valence electrons. The van der Waals surface area contributed by atoms with Gasteiger partial charge in [0.05, 0.1) is 28.4 Å². The summed E-state index contributed by atoms with van der Waals surface area (Å²) < 4.78 is 0. The second kappa shape index (κ2) is 6.45. The van der Waals surface area contributed by atoms with Gasteiger partial charge in [-0.1, -0.05) is 24.3 Å². The third kappa shape index (κ3) is 3.55. The van der Waals surface area contributed by atoms with Crippen molar-refractivity contribution >= 4 is 34.8 Å².